The van der Waals surface area contributed by atoms with E-state index in [-0.39, 0.29) is 0 Å². The van der Waals surface area contributed by atoms with Crippen molar-refractivity contribution in [1.29, 1.82) is 0 Å². The van der Waals surface area contributed by atoms with E-state index in [1.54, 1.807) is 12.4 Å². The summed E-state index contributed by atoms with van der Waals surface area (Å²) in [6.45, 7) is 1.89. The Hall–Kier alpha value is -1.16. The number of ether oxygens (including phenoxy) is 1. The molecule has 0 amide bonds. The number of hydrogen-bond donors (Lipinski definition) is 1. The van der Waals surface area contributed by atoms with E-state index in [1.165, 1.54) is 19.2 Å². The highest BCUT2D eigenvalue weighted by Crippen LogP contribution is 2.10. The monoisotopic (exact) mass is 193 g/mol. The van der Waals surface area contributed by atoms with Gasteiger partial charge in [-0.25, -0.2) is 9.97 Å². The van der Waals surface area contributed by atoms with Crippen molar-refractivity contribution in [2.24, 2.45) is 0 Å². The first-order valence-electron chi connectivity index (χ1n) is 5.06. The molecular formula is C10H15N3O. The minimum atomic E-state index is 0.639. The zero-order chi connectivity index (χ0) is 9.64. The van der Waals surface area contributed by atoms with E-state index in [0.29, 0.717) is 6.04 Å². The summed E-state index contributed by atoms with van der Waals surface area (Å²) in [5.74, 6) is 0.755. The Kier molecular flexibility index (Phi) is 3.29. The van der Waals surface area contributed by atoms with Gasteiger partial charge in [0, 0.05) is 6.04 Å². The highest BCUT2D eigenvalue weighted by molar-refractivity contribution is 5.09. The molecule has 1 aromatic rings. The molecule has 0 unspecified atom stereocenters. The van der Waals surface area contributed by atoms with Crippen LogP contribution in [-0.2, 0) is 0 Å². The van der Waals surface area contributed by atoms with Gasteiger partial charge in [0.2, 0.25) is 0 Å². The molecule has 0 radical (unpaired) electrons. The fourth-order valence-electron chi connectivity index (χ4n) is 1.68. The summed E-state index contributed by atoms with van der Waals surface area (Å²) in [7, 11) is 0. The SMILES string of the molecule is c1ncc(OCC[C@H]2CCCN2)cn1. The van der Waals surface area contributed by atoms with E-state index in [0.717, 1.165) is 25.3 Å². The van der Waals surface area contributed by atoms with Crippen LogP contribution in [0.15, 0.2) is 18.7 Å². The van der Waals surface area contributed by atoms with Crippen molar-refractivity contribution >= 4 is 0 Å². The molecule has 76 valence electrons. The molecule has 2 rings (SSSR count). The molecule has 1 aliphatic rings. The molecule has 0 spiro atoms. The highest BCUT2D eigenvalue weighted by Gasteiger charge is 2.13. The molecule has 1 fully saturated rings. The maximum atomic E-state index is 5.50. The average Bonchev–Trinajstić information content (AvgIpc) is 2.72. The van der Waals surface area contributed by atoms with E-state index >= 15 is 0 Å². The normalized spacial score (nSPS) is 21.0. The molecule has 1 saturated heterocycles. The van der Waals surface area contributed by atoms with Gasteiger partial charge in [-0.05, 0) is 25.8 Å². The van der Waals surface area contributed by atoms with Crippen LogP contribution in [0.5, 0.6) is 5.75 Å². The van der Waals surface area contributed by atoms with Gasteiger partial charge in [0.25, 0.3) is 0 Å². The number of rotatable bonds is 4. The van der Waals surface area contributed by atoms with Crippen LogP contribution >= 0.6 is 0 Å². The van der Waals surface area contributed by atoms with Crippen LogP contribution in [0.2, 0.25) is 0 Å². The van der Waals surface area contributed by atoms with Crippen LogP contribution in [0.4, 0.5) is 0 Å². The van der Waals surface area contributed by atoms with Crippen LogP contribution < -0.4 is 10.1 Å². The van der Waals surface area contributed by atoms with Crippen LogP contribution in [-0.4, -0.2) is 29.2 Å². The van der Waals surface area contributed by atoms with Crippen molar-refractivity contribution in [3.05, 3.63) is 18.7 Å². The Morgan fingerprint density at radius 1 is 1.43 bits per heavy atom. The van der Waals surface area contributed by atoms with Crippen molar-refractivity contribution < 1.29 is 4.74 Å². The van der Waals surface area contributed by atoms with Crippen LogP contribution in [0, 0.1) is 0 Å². The van der Waals surface area contributed by atoms with Crippen molar-refractivity contribution in [3.8, 4) is 5.75 Å². The summed E-state index contributed by atoms with van der Waals surface area (Å²) in [5.41, 5.74) is 0. The van der Waals surface area contributed by atoms with Gasteiger partial charge in [-0.15, -0.1) is 0 Å². The molecular weight excluding hydrogens is 178 g/mol. The maximum absolute atomic E-state index is 5.50. The molecule has 0 aromatic carbocycles. The molecule has 14 heavy (non-hydrogen) atoms. The summed E-state index contributed by atoms with van der Waals surface area (Å²) in [5, 5.41) is 3.43. The Balaban J connectivity index is 1.67. The lowest BCUT2D eigenvalue weighted by Crippen LogP contribution is -2.23. The number of nitrogens with one attached hydrogen (secondary N) is 1. The average molecular weight is 193 g/mol. The summed E-state index contributed by atoms with van der Waals surface area (Å²) >= 11 is 0. The minimum absolute atomic E-state index is 0.639. The second kappa shape index (κ2) is 4.91. The van der Waals surface area contributed by atoms with Crippen molar-refractivity contribution in [2.45, 2.75) is 25.3 Å². The largest absolute Gasteiger partial charge is 0.490 e. The third-order valence-corrected chi connectivity index (χ3v) is 2.43. The zero-order valence-electron chi connectivity index (χ0n) is 8.15. The number of nitrogens with zero attached hydrogens (tertiary/aromatic N) is 2. The van der Waals surface area contributed by atoms with Gasteiger partial charge < -0.3 is 10.1 Å². The fourth-order valence-corrected chi connectivity index (χ4v) is 1.68. The predicted molar refractivity (Wildman–Crippen MR) is 53.2 cm³/mol. The molecule has 4 heteroatoms. The predicted octanol–water partition coefficient (Wildman–Crippen LogP) is 0.997. The lowest BCUT2D eigenvalue weighted by atomic mass is 10.2. The molecule has 0 bridgehead atoms. The maximum Gasteiger partial charge on any atom is 0.155 e. The van der Waals surface area contributed by atoms with Crippen LogP contribution in [0.25, 0.3) is 0 Å². The van der Waals surface area contributed by atoms with Crippen molar-refractivity contribution in [1.82, 2.24) is 15.3 Å². The number of hydrogen-bond acceptors (Lipinski definition) is 4. The smallest absolute Gasteiger partial charge is 0.155 e. The van der Waals surface area contributed by atoms with Gasteiger partial charge in [0.05, 0.1) is 19.0 Å². The summed E-state index contributed by atoms with van der Waals surface area (Å²) in [6.07, 6.45) is 8.51. The molecule has 2 heterocycles. The third-order valence-electron chi connectivity index (χ3n) is 2.43. The van der Waals surface area contributed by atoms with E-state index in [4.69, 9.17) is 4.74 Å². The van der Waals surface area contributed by atoms with Gasteiger partial charge in [-0.1, -0.05) is 0 Å². The second-order valence-electron chi connectivity index (χ2n) is 3.50. The topological polar surface area (TPSA) is 47.0 Å². The van der Waals surface area contributed by atoms with Gasteiger partial charge in [0.15, 0.2) is 5.75 Å². The Labute approximate surface area is 83.7 Å². The quantitative estimate of drug-likeness (QED) is 0.775. The van der Waals surface area contributed by atoms with E-state index in [2.05, 4.69) is 15.3 Å². The lowest BCUT2D eigenvalue weighted by Gasteiger charge is -2.10. The first-order valence-corrected chi connectivity index (χ1v) is 5.06. The van der Waals surface area contributed by atoms with Crippen LogP contribution in [0.3, 0.4) is 0 Å². The molecule has 1 atom stereocenters. The first-order chi connectivity index (χ1) is 6.95. The first kappa shape index (κ1) is 9.40. The van der Waals surface area contributed by atoms with Gasteiger partial charge in [0.1, 0.15) is 6.33 Å². The zero-order valence-corrected chi connectivity index (χ0v) is 8.15. The van der Waals surface area contributed by atoms with Crippen LogP contribution in [0.1, 0.15) is 19.3 Å². The van der Waals surface area contributed by atoms with Gasteiger partial charge >= 0.3 is 0 Å². The fraction of sp³-hybridized carbons (Fsp3) is 0.600. The molecule has 1 N–H and O–H groups in total. The highest BCUT2D eigenvalue weighted by atomic mass is 16.5. The molecule has 4 nitrogen and oxygen atoms in total. The number of aromatic nitrogens is 2. The van der Waals surface area contributed by atoms with Gasteiger partial charge in [-0.2, -0.15) is 0 Å². The Bertz CT molecular complexity index is 259. The van der Waals surface area contributed by atoms with E-state index in [1.807, 2.05) is 0 Å². The molecule has 1 aliphatic heterocycles. The minimum Gasteiger partial charge on any atom is -0.490 e. The standard InChI is InChI=1S/C10H15N3O/c1-2-9(13-4-1)3-5-14-10-6-11-8-12-7-10/h6-9,13H,1-5H2/t9-/m1/s1. The summed E-state index contributed by atoms with van der Waals surface area (Å²) in [4.78, 5) is 7.77. The lowest BCUT2D eigenvalue weighted by molar-refractivity contribution is 0.290. The Morgan fingerprint density at radius 2 is 2.29 bits per heavy atom. The second-order valence-corrected chi connectivity index (χ2v) is 3.50. The summed E-state index contributed by atoms with van der Waals surface area (Å²) < 4.78 is 5.50. The van der Waals surface area contributed by atoms with E-state index < -0.39 is 0 Å². The van der Waals surface area contributed by atoms with Crippen molar-refractivity contribution in [3.63, 3.8) is 0 Å². The molecule has 1 aromatic heterocycles. The Morgan fingerprint density at radius 3 is 3.00 bits per heavy atom. The van der Waals surface area contributed by atoms with E-state index in [9.17, 15) is 0 Å². The van der Waals surface area contributed by atoms with Crippen molar-refractivity contribution in [2.75, 3.05) is 13.2 Å². The molecule has 0 aliphatic carbocycles. The molecule has 0 saturated carbocycles. The summed E-state index contributed by atoms with van der Waals surface area (Å²) in [6, 6.07) is 0.639. The third kappa shape index (κ3) is 2.67. The van der Waals surface area contributed by atoms with Gasteiger partial charge in [-0.3, -0.25) is 0 Å².